The molecule has 0 radical (unpaired) electrons. The van der Waals surface area contributed by atoms with Crippen LogP contribution < -0.4 is 0 Å². The first-order valence-electron chi connectivity index (χ1n) is 6.71. The number of fused-ring (bicyclic) bond motifs is 1. The zero-order valence-electron chi connectivity index (χ0n) is 11.2. The van der Waals surface area contributed by atoms with Crippen molar-refractivity contribution in [2.24, 2.45) is 0 Å². The van der Waals surface area contributed by atoms with Crippen LogP contribution in [0.2, 0.25) is 5.02 Å². The van der Waals surface area contributed by atoms with Crippen LogP contribution in [0.4, 0.5) is 0 Å². The van der Waals surface area contributed by atoms with E-state index in [0.29, 0.717) is 10.6 Å². The lowest BCUT2D eigenvalue weighted by atomic mass is 9.95. The Morgan fingerprint density at radius 1 is 1.40 bits per heavy atom. The van der Waals surface area contributed by atoms with Crippen LogP contribution in [0, 0.1) is 18.3 Å². The number of nitrogens with zero attached hydrogens (tertiary/aromatic N) is 2. The van der Waals surface area contributed by atoms with Crippen LogP contribution in [0.25, 0.3) is 5.69 Å². The summed E-state index contributed by atoms with van der Waals surface area (Å²) in [4.78, 5) is 0. The summed E-state index contributed by atoms with van der Waals surface area (Å²) >= 11 is 6.13. The Bertz CT molecular complexity index is 712. The Morgan fingerprint density at radius 2 is 2.20 bits per heavy atom. The number of aliphatic hydroxyl groups is 1. The Balaban J connectivity index is 2.16. The number of benzene rings is 1. The molecule has 20 heavy (non-hydrogen) atoms. The van der Waals surface area contributed by atoms with Gasteiger partial charge in [-0.25, -0.2) is 0 Å². The largest absolute Gasteiger partial charge is 0.388 e. The minimum absolute atomic E-state index is 0.368. The molecule has 1 aromatic carbocycles. The topological polar surface area (TPSA) is 49.0 Å². The van der Waals surface area contributed by atoms with Crippen molar-refractivity contribution in [1.29, 1.82) is 5.26 Å². The minimum atomic E-state index is -0.368. The Hall–Kier alpha value is -1.76. The summed E-state index contributed by atoms with van der Waals surface area (Å²) in [6.45, 7) is 2.02. The van der Waals surface area contributed by atoms with Crippen molar-refractivity contribution in [2.75, 3.05) is 0 Å². The average molecular weight is 287 g/mol. The predicted molar refractivity (Wildman–Crippen MR) is 78.1 cm³/mol. The van der Waals surface area contributed by atoms with Gasteiger partial charge < -0.3 is 9.67 Å². The summed E-state index contributed by atoms with van der Waals surface area (Å²) in [6, 6.07) is 9.57. The second-order valence-corrected chi connectivity index (χ2v) is 5.61. The fourth-order valence-corrected chi connectivity index (χ4v) is 3.19. The van der Waals surface area contributed by atoms with Crippen molar-refractivity contribution in [3.63, 3.8) is 0 Å². The molecular formula is C16H15ClN2O. The van der Waals surface area contributed by atoms with E-state index in [2.05, 4.69) is 10.6 Å². The van der Waals surface area contributed by atoms with Crippen molar-refractivity contribution < 1.29 is 5.11 Å². The van der Waals surface area contributed by atoms with E-state index >= 15 is 0 Å². The molecule has 3 rings (SSSR count). The van der Waals surface area contributed by atoms with Crippen molar-refractivity contribution in [3.05, 3.63) is 51.8 Å². The van der Waals surface area contributed by atoms with E-state index in [-0.39, 0.29) is 6.10 Å². The van der Waals surface area contributed by atoms with E-state index in [0.717, 1.165) is 41.9 Å². The highest BCUT2D eigenvalue weighted by atomic mass is 35.5. The van der Waals surface area contributed by atoms with Gasteiger partial charge >= 0.3 is 0 Å². The van der Waals surface area contributed by atoms with Crippen molar-refractivity contribution in [1.82, 2.24) is 4.57 Å². The lowest BCUT2D eigenvalue weighted by Gasteiger charge is -2.20. The maximum absolute atomic E-state index is 10.1. The highest BCUT2D eigenvalue weighted by Gasteiger charge is 2.23. The highest BCUT2D eigenvalue weighted by molar-refractivity contribution is 6.31. The average Bonchev–Trinajstić information content (AvgIpc) is 2.76. The summed E-state index contributed by atoms with van der Waals surface area (Å²) < 4.78 is 2.13. The maximum atomic E-state index is 10.1. The molecule has 0 bridgehead atoms. The number of nitriles is 1. The van der Waals surface area contributed by atoms with Crippen LogP contribution in [0.15, 0.2) is 24.3 Å². The second-order valence-electron chi connectivity index (χ2n) is 5.21. The van der Waals surface area contributed by atoms with E-state index in [1.165, 1.54) is 0 Å². The number of aromatic nitrogens is 1. The van der Waals surface area contributed by atoms with Gasteiger partial charge in [-0.1, -0.05) is 11.6 Å². The number of aliphatic hydroxyl groups excluding tert-OH is 1. The van der Waals surface area contributed by atoms with Crippen LogP contribution in [-0.2, 0) is 6.42 Å². The predicted octanol–water partition coefficient (Wildman–Crippen LogP) is 3.68. The summed E-state index contributed by atoms with van der Waals surface area (Å²) in [5, 5.41) is 19.5. The summed E-state index contributed by atoms with van der Waals surface area (Å²) in [7, 11) is 0. The molecule has 0 amide bonds. The molecule has 1 aliphatic rings. The molecule has 0 saturated carbocycles. The van der Waals surface area contributed by atoms with Crippen molar-refractivity contribution in [2.45, 2.75) is 32.3 Å². The first-order valence-corrected chi connectivity index (χ1v) is 7.09. The molecule has 1 aliphatic carbocycles. The molecule has 3 nitrogen and oxygen atoms in total. The van der Waals surface area contributed by atoms with Crippen LogP contribution in [0.5, 0.6) is 0 Å². The van der Waals surface area contributed by atoms with Gasteiger partial charge in [0.15, 0.2) is 0 Å². The van der Waals surface area contributed by atoms with Gasteiger partial charge in [-0.2, -0.15) is 5.26 Å². The quantitative estimate of drug-likeness (QED) is 0.869. The van der Waals surface area contributed by atoms with E-state index in [9.17, 15) is 5.11 Å². The summed E-state index contributed by atoms with van der Waals surface area (Å²) in [6.07, 6.45) is 2.40. The normalized spacial score (nSPS) is 17.6. The second kappa shape index (κ2) is 4.97. The lowest BCUT2D eigenvalue weighted by Crippen LogP contribution is -2.11. The number of aryl methyl sites for hydroxylation is 1. The highest BCUT2D eigenvalue weighted by Crippen LogP contribution is 2.34. The van der Waals surface area contributed by atoms with E-state index in [1.807, 2.05) is 25.1 Å². The molecule has 1 N–H and O–H groups in total. The Labute approximate surface area is 123 Å². The first kappa shape index (κ1) is 13.2. The van der Waals surface area contributed by atoms with Gasteiger partial charge in [0, 0.05) is 22.6 Å². The minimum Gasteiger partial charge on any atom is -0.388 e. The van der Waals surface area contributed by atoms with E-state index in [1.54, 1.807) is 6.07 Å². The van der Waals surface area contributed by atoms with Crippen LogP contribution in [0.3, 0.4) is 0 Å². The van der Waals surface area contributed by atoms with Gasteiger partial charge in [-0.05, 0) is 50.5 Å². The van der Waals surface area contributed by atoms with Gasteiger partial charge in [-0.3, -0.25) is 0 Å². The van der Waals surface area contributed by atoms with Gasteiger partial charge in [0.2, 0.25) is 0 Å². The third-order valence-corrected chi connectivity index (χ3v) is 4.21. The number of halogens is 1. The number of hydrogen-bond acceptors (Lipinski definition) is 2. The van der Waals surface area contributed by atoms with Crippen LogP contribution >= 0.6 is 11.6 Å². The van der Waals surface area contributed by atoms with Gasteiger partial charge in [0.25, 0.3) is 0 Å². The molecular weight excluding hydrogens is 272 g/mol. The fraction of sp³-hybridized carbons (Fsp3) is 0.312. The third kappa shape index (κ3) is 2.02. The standard InChI is InChI=1S/C16H15ClN2O/c1-10-7-13-15(3-2-4-16(13)20)19(10)12-6-5-11(9-18)14(17)8-12/h5-8,16,20H,2-4H2,1H3. The Morgan fingerprint density at radius 3 is 2.90 bits per heavy atom. The molecule has 0 aliphatic heterocycles. The first-order chi connectivity index (χ1) is 9.61. The number of rotatable bonds is 1. The molecule has 1 unspecified atom stereocenters. The van der Waals surface area contributed by atoms with Crippen molar-refractivity contribution in [3.8, 4) is 11.8 Å². The van der Waals surface area contributed by atoms with Crippen LogP contribution in [-0.4, -0.2) is 9.67 Å². The fourth-order valence-electron chi connectivity index (χ4n) is 2.97. The summed E-state index contributed by atoms with van der Waals surface area (Å²) in [5.74, 6) is 0. The third-order valence-electron chi connectivity index (χ3n) is 3.90. The Kier molecular flexibility index (Phi) is 3.29. The number of hydrogen-bond donors (Lipinski definition) is 1. The van der Waals surface area contributed by atoms with Crippen LogP contribution in [0.1, 0.15) is 41.5 Å². The maximum Gasteiger partial charge on any atom is 0.101 e. The lowest BCUT2D eigenvalue weighted by molar-refractivity contribution is 0.156. The van der Waals surface area contributed by atoms with Gasteiger partial charge in [-0.15, -0.1) is 0 Å². The molecule has 0 saturated heterocycles. The van der Waals surface area contributed by atoms with Crippen molar-refractivity contribution >= 4 is 11.6 Å². The monoisotopic (exact) mass is 286 g/mol. The SMILES string of the molecule is Cc1cc2c(n1-c1ccc(C#N)c(Cl)c1)CCCC2O. The smallest absolute Gasteiger partial charge is 0.101 e. The van der Waals surface area contributed by atoms with Gasteiger partial charge in [0.1, 0.15) is 6.07 Å². The molecule has 2 aromatic rings. The molecule has 1 atom stereocenters. The van der Waals surface area contributed by atoms with E-state index in [4.69, 9.17) is 16.9 Å². The van der Waals surface area contributed by atoms with Gasteiger partial charge in [0.05, 0.1) is 16.7 Å². The molecule has 0 fully saturated rings. The zero-order chi connectivity index (χ0) is 14.3. The van der Waals surface area contributed by atoms with E-state index < -0.39 is 0 Å². The molecule has 1 heterocycles. The molecule has 0 spiro atoms. The summed E-state index contributed by atoms with van der Waals surface area (Å²) in [5.41, 5.74) is 4.68. The molecule has 102 valence electrons. The molecule has 1 aromatic heterocycles. The molecule has 4 heteroatoms. The zero-order valence-corrected chi connectivity index (χ0v) is 12.0.